The van der Waals surface area contributed by atoms with E-state index in [2.05, 4.69) is 23.1 Å². The Morgan fingerprint density at radius 3 is 3.14 bits per heavy atom. The van der Waals surface area contributed by atoms with Crippen molar-refractivity contribution in [1.29, 1.82) is 0 Å². The molecule has 1 fully saturated rings. The molecule has 1 unspecified atom stereocenters. The summed E-state index contributed by atoms with van der Waals surface area (Å²) in [5, 5.41) is 9.19. The number of rotatable bonds is 3. The van der Waals surface area contributed by atoms with E-state index in [1.165, 1.54) is 31.3 Å². The second kappa shape index (κ2) is 4.76. The molecule has 14 heavy (non-hydrogen) atoms. The molecule has 78 valence electrons. The lowest BCUT2D eigenvalue weighted by atomic mass is 10.0. The van der Waals surface area contributed by atoms with Gasteiger partial charge in [-0.3, -0.25) is 4.90 Å². The van der Waals surface area contributed by atoms with Gasteiger partial charge in [-0.15, -0.1) is 0 Å². The first-order chi connectivity index (χ1) is 6.90. The summed E-state index contributed by atoms with van der Waals surface area (Å²) in [6, 6.07) is 0.418. The molecule has 0 radical (unpaired) electrons. The molecule has 1 heterocycles. The zero-order valence-electron chi connectivity index (χ0n) is 8.65. The van der Waals surface area contributed by atoms with Crippen molar-refractivity contribution in [3.05, 3.63) is 23.8 Å². The van der Waals surface area contributed by atoms with Crippen molar-refractivity contribution in [3.63, 3.8) is 0 Å². The van der Waals surface area contributed by atoms with E-state index in [1.807, 2.05) is 0 Å². The van der Waals surface area contributed by atoms with Crippen LogP contribution in [-0.2, 0) is 0 Å². The summed E-state index contributed by atoms with van der Waals surface area (Å²) in [6.45, 7) is 2.55. The molecule has 2 aliphatic rings. The van der Waals surface area contributed by atoms with E-state index in [0.29, 0.717) is 12.6 Å². The highest BCUT2D eigenvalue weighted by Gasteiger charge is 2.23. The Labute approximate surface area is 85.9 Å². The Morgan fingerprint density at radius 2 is 2.43 bits per heavy atom. The van der Waals surface area contributed by atoms with Crippen molar-refractivity contribution >= 4 is 0 Å². The molecule has 1 aliphatic heterocycles. The van der Waals surface area contributed by atoms with Crippen LogP contribution < -0.4 is 0 Å². The maximum absolute atomic E-state index is 9.19. The smallest absolute Gasteiger partial charge is 0.0587 e. The van der Waals surface area contributed by atoms with Gasteiger partial charge in [0.25, 0.3) is 0 Å². The predicted molar refractivity (Wildman–Crippen MR) is 58.1 cm³/mol. The third-order valence-corrected chi connectivity index (χ3v) is 3.22. The fraction of sp³-hybridized carbons (Fsp3) is 0.667. The fourth-order valence-corrected chi connectivity index (χ4v) is 2.36. The predicted octanol–water partition coefficient (Wildman–Crippen LogP) is 1.72. The van der Waals surface area contributed by atoms with Gasteiger partial charge in [0, 0.05) is 12.6 Å². The molecule has 2 nitrogen and oxygen atoms in total. The minimum Gasteiger partial charge on any atom is -0.395 e. The molecular formula is C12H19NO. The van der Waals surface area contributed by atoms with Crippen LogP contribution in [-0.4, -0.2) is 35.7 Å². The molecule has 0 aromatic carbocycles. The normalized spacial score (nSPS) is 28.1. The van der Waals surface area contributed by atoms with Crippen molar-refractivity contribution in [2.24, 2.45) is 0 Å². The number of nitrogens with zero attached hydrogens (tertiary/aromatic N) is 1. The third kappa shape index (κ3) is 2.25. The van der Waals surface area contributed by atoms with Crippen LogP contribution in [0, 0.1) is 0 Å². The topological polar surface area (TPSA) is 23.5 Å². The van der Waals surface area contributed by atoms with Gasteiger partial charge in [-0.25, -0.2) is 0 Å². The lowest BCUT2D eigenvalue weighted by Crippen LogP contribution is -2.33. The van der Waals surface area contributed by atoms with Gasteiger partial charge in [-0.2, -0.15) is 0 Å². The SMILES string of the molecule is OCC1CCCN1CC1=CC=CCC1. The molecule has 1 atom stereocenters. The Balaban J connectivity index is 1.89. The van der Waals surface area contributed by atoms with E-state index in [4.69, 9.17) is 0 Å². The number of hydrogen-bond acceptors (Lipinski definition) is 2. The van der Waals surface area contributed by atoms with E-state index in [1.54, 1.807) is 0 Å². The fourth-order valence-electron chi connectivity index (χ4n) is 2.36. The molecule has 1 N–H and O–H groups in total. The van der Waals surface area contributed by atoms with E-state index in [9.17, 15) is 5.11 Å². The maximum atomic E-state index is 9.19. The Bertz CT molecular complexity index is 245. The standard InChI is InChI=1S/C12H19NO/c14-10-12-7-4-8-13(12)9-11-5-2-1-3-6-11/h1-2,5,12,14H,3-4,6-10H2. The summed E-state index contributed by atoms with van der Waals surface area (Å²) in [6.07, 6.45) is 11.4. The van der Waals surface area contributed by atoms with Crippen LogP contribution in [0.1, 0.15) is 25.7 Å². The minimum absolute atomic E-state index is 0.323. The van der Waals surface area contributed by atoms with Gasteiger partial charge in [0.1, 0.15) is 0 Å². The molecule has 0 spiro atoms. The highest BCUT2D eigenvalue weighted by Crippen LogP contribution is 2.20. The van der Waals surface area contributed by atoms with E-state index < -0.39 is 0 Å². The molecule has 0 bridgehead atoms. The van der Waals surface area contributed by atoms with Gasteiger partial charge in [0.2, 0.25) is 0 Å². The first kappa shape index (κ1) is 9.94. The van der Waals surface area contributed by atoms with Crippen LogP contribution in [0.3, 0.4) is 0 Å². The van der Waals surface area contributed by atoms with Gasteiger partial charge in [-0.05, 0) is 32.2 Å². The Kier molecular flexibility index (Phi) is 3.38. The molecule has 0 saturated carbocycles. The maximum Gasteiger partial charge on any atom is 0.0587 e. The highest BCUT2D eigenvalue weighted by molar-refractivity contribution is 5.19. The van der Waals surface area contributed by atoms with Gasteiger partial charge >= 0.3 is 0 Å². The zero-order valence-corrected chi connectivity index (χ0v) is 8.65. The third-order valence-electron chi connectivity index (χ3n) is 3.22. The number of aliphatic hydroxyl groups is 1. The number of allylic oxidation sites excluding steroid dienone is 3. The second-order valence-corrected chi connectivity index (χ2v) is 4.24. The lowest BCUT2D eigenvalue weighted by molar-refractivity contribution is 0.167. The van der Waals surface area contributed by atoms with Crippen LogP contribution in [0.5, 0.6) is 0 Å². The minimum atomic E-state index is 0.323. The highest BCUT2D eigenvalue weighted by atomic mass is 16.3. The lowest BCUT2D eigenvalue weighted by Gasteiger charge is -2.24. The summed E-state index contributed by atoms with van der Waals surface area (Å²) in [5.74, 6) is 0. The zero-order chi connectivity index (χ0) is 9.80. The van der Waals surface area contributed by atoms with Gasteiger partial charge < -0.3 is 5.11 Å². The largest absolute Gasteiger partial charge is 0.395 e. The Morgan fingerprint density at radius 1 is 1.50 bits per heavy atom. The first-order valence-electron chi connectivity index (χ1n) is 5.59. The van der Waals surface area contributed by atoms with Crippen molar-refractivity contribution in [1.82, 2.24) is 4.90 Å². The average Bonchev–Trinajstić information content (AvgIpc) is 2.67. The molecule has 0 amide bonds. The van der Waals surface area contributed by atoms with Gasteiger partial charge in [0.05, 0.1) is 6.61 Å². The van der Waals surface area contributed by atoms with Crippen LogP contribution >= 0.6 is 0 Å². The van der Waals surface area contributed by atoms with E-state index in [0.717, 1.165) is 13.1 Å². The number of aliphatic hydroxyl groups excluding tert-OH is 1. The molecule has 1 saturated heterocycles. The molecular weight excluding hydrogens is 174 g/mol. The van der Waals surface area contributed by atoms with Crippen molar-refractivity contribution < 1.29 is 5.11 Å². The van der Waals surface area contributed by atoms with Gasteiger partial charge in [0.15, 0.2) is 0 Å². The summed E-state index contributed by atoms with van der Waals surface area (Å²) in [4.78, 5) is 2.42. The molecule has 1 aliphatic carbocycles. The molecule has 2 rings (SSSR count). The molecule has 2 heteroatoms. The van der Waals surface area contributed by atoms with Crippen LogP contribution in [0.2, 0.25) is 0 Å². The average molecular weight is 193 g/mol. The number of likely N-dealkylation sites (tertiary alicyclic amines) is 1. The molecule has 0 aromatic heterocycles. The molecule has 0 aromatic rings. The van der Waals surface area contributed by atoms with Crippen LogP contribution in [0.25, 0.3) is 0 Å². The Hall–Kier alpha value is -0.600. The van der Waals surface area contributed by atoms with Crippen LogP contribution in [0.4, 0.5) is 0 Å². The monoisotopic (exact) mass is 193 g/mol. The number of hydrogen-bond donors (Lipinski definition) is 1. The van der Waals surface area contributed by atoms with Crippen molar-refractivity contribution in [2.45, 2.75) is 31.7 Å². The van der Waals surface area contributed by atoms with E-state index in [-0.39, 0.29) is 0 Å². The summed E-state index contributed by atoms with van der Waals surface area (Å²) < 4.78 is 0. The second-order valence-electron chi connectivity index (χ2n) is 4.24. The van der Waals surface area contributed by atoms with E-state index >= 15 is 0 Å². The summed E-state index contributed by atoms with van der Waals surface area (Å²) in [5.41, 5.74) is 1.52. The summed E-state index contributed by atoms with van der Waals surface area (Å²) in [7, 11) is 0. The van der Waals surface area contributed by atoms with Gasteiger partial charge in [-0.1, -0.05) is 23.8 Å². The summed E-state index contributed by atoms with van der Waals surface area (Å²) >= 11 is 0. The van der Waals surface area contributed by atoms with Crippen LogP contribution in [0.15, 0.2) is 23.8 Å². The quantitative estimate of drug-likeness (QED) is 0.737. The van der Waals surface area contributed by atoms with Crippen molar-refractivity contribution in [3.8, 4) is 0 Å². The van der Waals surface area contributed by atoms with Crippen molar-refractivity contribution in [2.75, 3.05) is 19.7 Å². The first-order valence-corrected chi connectivity index (χ1v) is 5.59.